The van der Waals surface area contributed by atoms with Gasteiger partial charge in [-0.15, -0.1) is 11.3 Å². The van der Waals surface area contributed by atoms with Crippen LogP contribution < -0.4 is 0 Å². The quantitative estimate of drug-likeness (QED) is 0.657. The second-order valence-electron chi connectivity index (χ2n) is 7.14. The summed E-state index contributed by atoms with van der Waals surface area (Å²) < 4.78 is 2.07. The number of amides is 1. The number of nitrogens with zero attached hydrogens (tertiary/aromatic N) is 3. The molecule has 1 aliphatic rings. The lowest BCUT2D eigenvalue weighted by atomic mass is 9.98. The van der Waals surface area contributed by atoms with Crippen LogP contribution in [0.15, 0.2) is 54.2 Å². The van der Waals surface area contributed by atoms with Gasteiger partial charge in [-0.05, 0) is 49.1 Å². The van der Waals surface area contributed by atoms with Crippen LogP contribution in [0, 0.1) is 0 Å². The summed E-state index contributed by atoms with van der Waals surface area (Å²) in [5.74, 6) is 0.616. The zero-order chi connectivity index (χ0) is 18.6. The van der Waals surface area contributed by atoms with Crippen LogP contribution in [0.3, 0.4) is 0 Å². The van der Waals surface area contributed by atoms with Gasteiger partial charge < -0.3 is 9.47 Å². The van der Waals surface area contributed by atoms with Crippen molar-refractivity contribution in [3.05, 3.63) is 70.4 Å². The van der Waals surface area contributed by atoms with E-state index in [4.69, 9.17) is 4.98 Å². The third-order valence-electron chi connectivity index (χ3n) is 5.25. The van der Waals surface area contributed by atoms with E-state index in [1.165, 1.54) is 10.7 Å². The number of benzene rings is 1. The molecule has 1 fully saturated rings. The van der Waals surface area contributed by atoms with Crippen molar-refractivity contribution in [3.63, 3.8) is 0 Å². The van der Waals surface area contributed by atoms with E-state index in [9.17, 15) is 4.79 Å². The summed E-state index contributed by atoms with van der Waals surface area (Å²) in [5.41, 5.74) is 3.35. The fraction of sp³-hybridized carbons (Fsp3) is 0.364. The van der Waals surface area contributed by atoms with Crippen LogP contribution in [-0.2, 0) is 17.6 Å². The van der Waals surface area contributed by atoms with E-state index in [0.717, 1.165) is 43.6 Å². The van der Waals surface area contributed by atoms with Gasteiger partial charge in [-0.2, -0.15) is 0 Å². The van der Waals surface area contributed by atoms with Gasteiger partial charge in [0.1, 0.15) is 0 Å². The highest BCUT2D eigenvalue weighted by atomic mass is 32.1. The molecule has 27 heavy (non-hydrogen) atoms. The van der Waals surface area contributed by atoms with Gasteiger partial charge in [-0.3, -0.25) is 4.79 Å². The van der Waals surface area contributed by atoms with Crippen LogP contribution in [0.5, 0.6) is 0 Å². The molecule has 0 radical (unpaired) electrons. The number of piperidine rings is 1. The largest absolute Gasteiger partial charge is 0.342 e. The number of thiazole rings is 1. The molecule has 1 unspecified atom stereocenters. The van der Waals surface area contributed by atoms with Gasteiger partial charge in [-0.1, -0.05) is 19.1 Å². The molecule has 1 saturated heterocycles. The maximum Gasteiger partial charge on any atom is 0.227 e. The fourth-order valence-corrected chi connectivity index (χ4v) is 4.69. The first-order valence-electron chi connectivity index (χ1n) is 9.67. The molecular weight excluding hydrogens is 354 g/mol. The second kappa shape index (κ2) is 8.09. The zero-order valence-corrected chi connectivity index (χ0v) is 16.5. The van der Waals surface area contributed by atoms with Crippen molar-refractivity contribution in [2.45, 2.75) is 38.5 Å². The van der Waals surface area contributed by atoms with Gasteiger partial charge in [0.15, 0.2) is 0 Å². The fourth-order valence-electron chi connectivity index (χ4n) is 3.66. The molecule has 0 spiro atoms. The minimum Gasteiger partial charge on any atom is -0.342 e. The van der Waals surface area contributed by atoms with Crippen molar-refractivity contribution in [2.24, 2.45) is 0 Å². The minimum atomic E-state index is 0.223. The Hall–Kier alpha value is -2.40. The van der Waals surface area contributed by atoms with E-state index in [1.54, 1.807) is 11.3 Å². The third-order valence-corrected chi connectivity index (χ3v) is 6.31. The molecule has 0 N–H and O–H groups in total. The van der Waals surface area contributed by atoms with E-state index < -0.39 is 0 Å². The Morgan fingerprint density at radius 1 is 1.22 bits per heavy atom. The predicted octanol–water partition coefficient (Wildman–Crippen LogP) is 4.44. The number of hydrogen-bond donors (Lipinski definition) is 0. The predicted molar refractivity (Wildman–Crippen MR) is 110 cm³/mol. The number of aromatic nitrogens is 2. The van der Waals surface area contributed by atoms with Crippen LogP contribution >= 0.6 is 11.3 Å². The van der Waals surface area contributed by atoms with Gasteiger partial charge >= 0.3 is 0 Å². The van der Waals surface area contributed by atoms with E-state index in [-0.39, 0.29) is 5.91 Å². The summed E-state index contributed by atoms with van der Waals surface area (Å²) in [7, 11) is 0. The lowest BCUT2D eigenvalue weighted by Crippen LogP contribution is -2.39. The molecule has 3 aromatic rings. The summed E-state index contributed by atoms with van der Waals surface area (Å²) in [5, 5.41) is 3.35. The molecule has 1 aromatic carbocycles. The van der Waals surface area contributed by atoms with Gasteiger partial charge in [-0.25, -0.2) is 4.98 Å². The Labute approximate surface area is 164 Å². The molecule has 1 atom stereocenters. The lowest BCUT2D eigenvalue weighted by molar-refractivity contribution is -0.131. The zero-order valence-electron chi connectivity index (χ0n) is 15.7. The van der Waals surface area contributed by atoms with Gasteiger partial charge in [0.05, 0.1) is 17.1 Å². The average Bonchev–Trinajstić information content (AvgIpc) is 3.41. The molecule has 0 bridgehead atoms. The Morgan fingerprint density at radius 2 is 2.00 bits per heavy atom. The third kappa shape index (κ3) is 4.14. The van der Waals surface area contributed by atoms with Gasteiger partial charge in [0.25, 0.3) is 0 Å². The van der Waals surface area contributed by atoms with E-state index in [1.807, 2.05) is 29.4 Å². The van der Waals surface area contributed by atoms with Crippen molar-refractivity contribution in [1.29, 1.82) is 0 Å². The molecule has 3 heterocycles. The maximum atomic E-state index is 12.8. The summed E-state index contributed by atoms with van der Waals surface area (Å²) in [6.45, 7) is 3.80. The highest BCUT2D eigenvalue weighted by Gasteiger charge is 2.26. The molecule has 4 nitrogen and oxygen atoms in total. The number of carbonyl (C=O) groups is 1. The molecule has 0 saturated carbocycles. The summed E-state index contributed by atoms with van der Waals surface area (Å²) in [6, 6.07) is 12.3. The molecule has 1 amide bonds. The average molecular weight is 380 g/mol. The Bertz CT molecular complexity index is 883. The number of likely N-dealkylation sites (tertiary alicyclic amines) is 1. The van der Waals surface area contributed by atoms with Gasteiger partial charge in [0.2, 0.25) is 5.91 Å². The lowest BCUT2D eigenvalue weighted by Gasteiger charge is -2.32. The summed E-state index contributed by atoms with van der Waals surface area (Å²) in [4.78, 5) is 19.6. The van der Waals surface area contributed by atoms with E-state index in [0.29, 0.717) is 12.3 Å². The summed E-state index contributed by atoms with van der Waals surface area (Å²) in [6.07, 6.45) is 7.69. The van der Waals surface area contributed by atoms with Crippen LogP contribution in [0.25, 0.3) is 5.69 Å². The first-order valence-corrected chi connectivity index (χ1v) is 10.5. The normalized spacial score (nSPS) is 17.2. The first kappa shape index (κ1) is 18.0. The Kier molecular flexibility index (Phi) is 5.39. The van der Waals surface area contributed by atoms with Crippen LogP contribution in [0.4, 0.5) is 0 Å². The molecule has 4 rings (SSSR count). The van der Waals surface area contributed by atoms with Crippen LogP contribution in [0.1, 0.15) is 41.9 Å². The SMILES string of the molecule is CCc1csc(C2CCCN(C(=O)Cc3ccc(-n4cccc4)cc3)C2)n1. The summed E-state index contributed by atoms with van der Waals surface area (Å²) >= 11 is 1.75. The van der Waals surface area contributed by atoms with Crippen molar-refractivity contribution < 1.29 is 4.79 Å². The van der Waals surface area contributed by atoms with E-state index in [2.05, 4.69) is 41.1 Å². The molecule has 2 aromatic heterocycles. The smallest absolute Gasteiger partial charge is 0.227 e. The number of rotatable bonds is 5. The van der Waals surface area contributed by atoms with Crippen LogP contribution in [-0.4, -0.2) is 33.4 Å². The van der Waals surface area contributed by atoms with Crippen molar-refractivity contribution in [3.8, 4) is 5.69 Å². The molecule has 0 aliphatic carbocycles. The highest BCUT2D eigenvalue weighted by Crippen LogP contribution is 2.29. The van der Waals surface area contributed by atoms with Crippen molar-refractivity contribution >= 4 is 17.2 Å². The number of carbonyl (C=O) groups excluding carboxylic acids is 1. The topological polar surface area (TPSA) is 38.1 Å². The molecular formula is C22H25N3OS. The first-order chi connectivity index (χ1) is 13.2. The Morgan fingerprint density at radius 3 is 2.70 bits per heavy atom. The standard InChI is InChI=1S/C22H25N3OS/c1-2-19-16-27-22(23-19)18-6-5-13-25(15-18)21(26)14-17-7-9-20(10-8-17)24-11-3-4-12-24/h3-4,7-12,16,18H,2,5-6,13-15H2,1H3. The molecule has 1 aliphatic heterocycles. The minimum absolute atomic E-state index is 0.223. The number of aryl methyl sites for hydroxylation is 1. The second-order valence-corrected chi connectivity index (χ2v) is 8.03. The monoisotopic (exact) mass is 379 g/mol. The Balaban J connectivity index is 1.38. The molecule has 5 heteroatoms. The van der Waals surface area contributed by atoms with Gasteiger partial charge in [0, 0.05) is 42.5 Å². The van der Waals surface area contributed by atoms with E-state index >= 15 is 0 Å². The van der Waals surface area contributed by atoms with Crippen molar-refractivity contribution in [1.82, 2.24) is 14.5 Å². The highest BCUT2D eigenvalue weighted by molar-refractivity contribution is 7.09. The van der Waals surface area contributed by atoms with Crippen molar-refractivity contribution in [2.75, 3.05) is 13.1 Å². The van der Waals surface area contributed by atoms with Crippen LogP contribution in [0.2, 0.25) is 0 Å². The number of hydrogen-bond acceptors (Lipinski definition) is 3. The molecule has 140 valence electrons. The maximum absolute atomic E-state index is 12.8.